The standard InChI is InChI=1S/C20H18N2O2/c1-14-7-11-19(24-2)18(13-14)22-20(23)12-10-16-9-8-15-5-3-4-6-17(15)21-16/h3-13H,1-2H3,(H,22,23)/b12-10+. The Bertz CT molecular complexity index is 916. The summed E-state index contributed by atoms with van der Waals surface area (Å²) >= 11 is 0. The van der Waals surface area contributed by atoms with Crippen molar-refractivity contribution in [1.29, 1.82) is 0 Å². The van der Waals surface area contributed by atoms with Crippen LogP contribution in [0, 0.1) is 6.92 Å². The molecule has 0 radical (unpaired) electrons. The molecule has 1 amide bonds. The number of hydrogen-bond donors (Lipinski definition) is 1. The van der Waals surface area contributed by atoms with Crippen molar-refractivity contribution in [2.45, 2.75) is 6.92 Å². The van der Waals surface area contributed by atoms with Gasteiger partial charge in [0.1, 0.15) is 5.75 Å². The quantitative estimate of drug-likeness (QED) is 0.733. The fraction of sp³-hybridized carbons (Fsp3) is 0.100. The van der Waals surface area contributed by atoms with Crippen LogP contribution in [-0.2, 0) is 4.79 Å². The van der Waals surface area contributed by atoms with Gasteiger partial charge < -0.3 is 10.1 Å². The molecular weight excluding hydrogens is 300 g/mol. The lowest BCUT2D eigenvalue weighted by Crippen LogP contribution is -2.09. The Labute approximate surface area is 140 Å². The molecule has 1 N–H and O–H groups in total. The molecule has 0 aliphatic rings. The van der Waals surface area contributed by atoms with E-state index in [9.17, 15) is 4.79 Å². The first-order valence-corrected chi connectivity index (χ1v) is 7.65. The second-order valence-corrected chi connectivity index (χ2v) is 5.46. The van der Waals surface area contributed by atoms with Crippen LogP contribution in [0.15, 0.2) is 60.7 Å². The van der Waals surface area contributed by atoms with E-state index >= 15 is 0 Å². The van der Waals surface area contributed by atoms with Crippen LogP contribution >= 0.6 is 0 Å². The van der Waals surface area contributed by atoms with Crippen LogP contribution in [0.2, 0.25) is 0 Å². The summed E-state index contributed by atoms with van der Waals surface area (Å²) in [6.07, 6.45) is 3.17. The molecule has 4 nitrogen and oxygen atoms in total. The zero-order valence-corrected chi connectivity index (χ0v) is 13.6. The molecule has 24 heavy (non-hydrogen) atoms. The predicted octanol–water partition coefficient (Wildman–Crippen LogP) is 4.20. The highest BCUT2D eigenvalue weighted by atomic mass is 16.5. The van der Waals surface area contributed by atoms with Crippen LogP contribution in [0.5, 0.6) is 5.75 Å². The second kappa shape index (κ2) is 6.96. The van der Waals surface area contributed by atoms with E-state index in [1.54, 1.807) is 13.2 Å². The van der Waals surface area contributed by atoms with Gasteiger partial charge in [-0.2, -0.15) is 0 Å². The SMILES string of the molecule is COc1ccc(C)cc1NC(=O)/C=C/c1ccc2ccccc2n1. The van der Waals surface area contributed by atoms with Gasteiger partial charge in [0.2, 0.25) is 5.91 Å². The minimum atomic E-state index is -0.228. The number of nitrogens with zero attached hydrogens (tertiary/aromatic N) is 1. The number of para-hydroxylation sites is 1. The van der Waals surface area contributed by atoms with E-state index in [2.05, 4.69) is 10.3 Å². The third-order valence-corrected chi connectivity index (χ3v) is 3.64. The first kappa shape index (κ1) is 15.7. The lowest BCUT2D eigenvalue weighted by molar-refractivity contribution is -0.111. The molecule has 0 spiro atoms. The molecule has 3 aromatic rings. The zero-order valence-electron chi connectivity index (χ0n) is 13.6. The number of pyridine rings is 1. The van der Waals surface area contributed by atoms with Crippen molar-refractivity contribution < 1.29 is 9.53 Å². The highest BCUT2D eigenvalue weighted by Crippen LogP contribution is 2.25. The number of nitrogens with one attached hydrogen (secondary N) is 1. The average molecular weight is 318 g/mol. The fourth-order valence-electron chi connectivity index (χ4n) is 2.43. The number of hydrogen-bond acceptors (Lipinski definition) is 3. The normalized spacial score (nSPS) is 10.9. The molecule has 0 fully saturated rings. The predicted molar refractivity (Wildman–Crippen MR) is 97.1 cm³/mol. The molecule has 0 saturated carbocycles. The van der Waals surface area contributed by atoms with Crippen molar-refractivity contribution in [1.82, 2.24) is 4.98 Å². The smallest absolute Gasteiger partial charge is 0.248 e. The number of methoxy groups -OCH3 is 1. The summed E-state index contributed by atoms with van der Waals surface area (Å²) in [7, 11) is 1.58. The molecule has 4 heteroatoms. The number of benzene rings is 2. The minimum absolute atomic E-state index is 0.228. The first-order chi connectivity index (χ1) is 11.7. The second-order valence-electron chi connectivity index (χ2n) is 5.46. The van der Waals surface area contributed by atoms with Crippen molar-refractivity contribution in [2.24, 2.45) is 0 Å². The van der Waals surface area contributed by atoms with Crippen LogP contribution < -0.4 is 10.1 Å². The van der Waals surface area contributed by atoms with Crippen molar-refractivity contribution in [3.05, 3.63) is 71.9 Å². The van der Waals surface area contributed by atoms with Gasteiger partial charge in [0.05, 0.1) is 24.0 Å². The van der Waals surface area contributed by atoms with Gasteiger partial charge in [-0.3, -0.25) is 4.79 Å². The first-order valence-electron chi connectivity index (χ1n) is 7.65. The van der Waals surface area contributed by atoms with Crippen LogP contribution in [0.1, 0.15) is 11.3 Å². The monoisotopic (exact) mass is 318 g/mol. The van der Waals surface area contributed by atoms with E-state index in [0.717, 1.165) is 22.2 Å². The summed E-state index contributed by atoms with van der Waals surface area (Å²) in [5.41, 5.74) is 3.34. The summed E-state index contributed by atoms with van der Waals surface area (Å²) in [5.74, 6) is 0.403. The molecule has 1 aromatic heterocycles. The van der Waals surface area contributed by atoms with Crippen molar-refractivity contribution in [2.75, 3.05) is 12.4 Å². The van der Waals surface area contributed by atoms with Crippen LogP contribution in [-0.4, -0.2) is 18.0 Å². The Morgan fingerprint density at radius 2 is 1.96 bits per heavy atom. The number of ether oxygens (including phenoxy) is 1. The minimum Gasteiger partial charge on any atom is -0.495 e. The molecule has 0 aliphatic carbocycles. The van der Waals surface area contributed by atoms with Crippen molar-refractivity contribution in [3.8, 4) is 5.75 Å². The fourth-order valence-corrected chi connectivity index (χ4v) is 2.43. The van der Waals surface area contributed by atoms with E-state index in [4.69, 9.17) is 4.74 Å². The maximum atomic E-state index is 12.1. The maximum absolute atomic E-state index is 12.1. The summed E-state index contributed by atoms with van der Waals surface area (Å²) < 4.78 is 5.26. The Kier molecular flexibility index (Phi) is 4.57. The van der Waals surface area contributed by atoms with Crippen LogP contribution in [0.4, 0.5) is 5.69 Å². The molecular formula is C20H18N2O2. The number of aromatic nitrogens is 1. The third-order valence-electron chi connectivity index (χ3n) is 3.64. The number of anilines is 1. The van der Waals surface area contributed by atoms with Crippen molar-refractivity contribution >= 4 is 28.6 Å². The lowest BCUT2D eigenvalue weighted by atomic mass is 10.2. The number of aryl methyl sites for hydroxylation is 1. The summed E-state index contributed by atoms with van der Waals surface area (Å²) in [5, 5.41) is 3.90. The average Bonchev–Trinajstić information content (AvgIpc) is 2.60. The molecule has 0 bridgehead atoms. The molecule has 0 atom stereocenters. The van der Waals surface area contributed by atoms with E-state index < -0.39 is 0 Å². The lowest BCUT2D eigenvalue weighted by Gasteiger charge is -2.09. The van der Waals surface area contributed by atoms with Gasteiger partial charge in [-0.1, -0.05) is 30.3 Å². The van der Waals surface area contributed by atoms with Gasteiger partial charge in [0.25, 0.3) is 0 Å². The third kappa shape index (κ3) is 3.60. The number of carbonyl (C=O) groups is 1. The van der Waals surface area contributed by atoms with Crippen LogP contribution in [0.3, 0.4) is 0 Å². The zero-order chi connectivity index (χ0) is 16.9. The van der Waals surface area contributed by atoms with Gasteiger partial charge in [-0.05, 0) is 42.8 Å². The number of amides is 1. The molecule has 2 aromatic carbocycles. The van der Waals surface area contributed by atoms with E-state index in [-0.39, 0.29) is 5.91 Å². The maximum Gasteiger partial charge on any atom is 0.248 e. The number of carbonyl (C=O) groups excluding carboxylic acids is 1. The van der Waals surface area contributed by atoms with E-state index in [0.29, 0.717) is 11.4 Å². The highest BCUT2D eigenvalue weighted by Gasteiger charge is 2.05. The van der Waals surface area contributed by atoms with E-state index in [1.165, 1.54) is 6.08 Å². The van der Waals surface area contributed by atoms with Gasteiger partial charge in [-0.25, -0.2) is 4.98 Å². The topological polar surface area (TPSA) is 51.2 Å². The van der Waals surface area contributed by atoms with Gasteiger partial charge in [0.15, 0.2) is 0 Å². The summed E-state index contributed by atoms with van der Waals surface area (Å²) in [6, 6.07) is 17.4. The Balaban J connectivity index is 1.76. The van der Waals surface area contributed by atoms with Gasteiger partial charge >= 0.3 is 0 Å². The molecule has 1 heterocycles. The largest absolute Gasteiger partial charge is 0.495 e. The Morgan fingerprint density at radius 1 is 1.12 bits per heavy atom. The molecule has 0 unspecified atom stereocenters. The van der Waals surface area contributed by atoms with Gasteiger partial charge in [-0.15, -0.1) is 0 Å². The van der Waals surface area contributed by atoms with Crippen LogP contribution in [0.25, 0.3) is 17.0 Å². The molecule has 3 rings (SSSR count). The number of rotatable bonds is 4. The molecule has 0 saturated heterocycles. The highest BCUT2D eigenvalue weighted by molar-refractivity contribution is 6.02. The molecule has 120 valence electrons. The van der Waals surface area contributed by atoms with Crippen molar-refractivity contribution in [3.63, 3.8) is 0 Å². The summed E-state index contributed by atoms with van der Waals surface area (Å²) in [4.78, 5) is 16.7. The number of fused-ring (bicyclic) bond motifs is 1. The Morgan fingerprint density at radius 3 is 2.79 bits per heavy atom. The molecule has 0 aliphatic heterocycles. The Hall–Kier alpha value is -3.14. The summed E-state index contributed by atoms with van der Waals surface area (Å²) in [6.45, 7) is 1.96. The van der Waals surface area contributed by atoms with E-state index in [1.807, 2.05) is 61.5 Å². The van der Waals surface area contributed by atoms with Gasteiger partial charge in [0, 0.05) is 11.5 Å².